The SMILES string of the molecule is COc1nc(Nc2cc(C3CCN(C4COC4)CC3)c(C)cc2C=N)cc(N2CC(O)C2)n1. The second-order valence-corrected chi connectivity index (χ2v) is 9.22. The van der Waals surface area contributed by atoms with Gasteiger partial charge in [-0.15, -0.1) is 0 Å². The minimum absolute atomic E-state index is 0.271. The van der Waals surface area contributed by atoms with Gasteiger partial charge >= 0.3 is 6.01 Å². The molecule has 0 amide bonds. The molecule has 0 unspecified atom stereocenters. The zero-order valence-corrected chi connectivity index (χ0v) is 19.3. The van der Waals surface area contributed by atoms with Crippen LogP contribution in [0.3, 0.4) is 0 Å². The summed E-state index contributed by atoms with van der Waals surface area (Å²) in [5.74, 6) is 1.82. The molecule has 3 aliphatic rings. The van der Waals surface area contributed by atoms with Crippen LogP contribution in [0, 0.1) is 12.3 Å². The number of nitrogens with one attached hydrogen (secondary N) is 2. The van der Waals surface area contributed by atoms with Crippen molar-refractivity contribution in [2.45, 2.75) is 37.8 Å². The third kappa shape index (κ3) is 4.53. The topological polar surface area (TPSA) is 107 Å². The normalized spacial score (nSPS) is 20.3. The van der Waals surface area contributed by atoms with E-state index in [1.165, 1.54) is 17.3 Å². The predicted molar refractivity (Wildman–Crippen MR) is 127 cm³/mol. The average Bonchev–Trinajstić information content (AvgIpc) is 2.77. The van der Waals surface area contributed by atoms with Crippen molar-refractivity contribution in [2.24, 2.45) is 0 Å². The first-order chi connectivity index (χ1) is 16.0. The highest BCUT2D eigenvalue weighted by Crippen LogP contribution is 2.35. The monoisotopic (exact) mass is 452 g/mol. The molecule has 0 saturated carbocycles. The van der Waals surface area contributed by atoms with E-state index in [1.807, 2.05) is 11.0 Å². The fourth-order valence-corrected chi connectivity index (χ4v) is 4.93. The van der Waals surface area contributed by atoms with Gasteiger partial charge in [0.15, 0.2) is 0 Å². The number of anilines is 3. The molecule has 33 heavy (non-hydrogen) atoms. The van der Waals surface area contributed by atoms with Gasteiger partial charge < -0.3 is 30.2 Å². The highest BCUT2D eigenvalue weighted by molar-refractivity contribution is 5.88. The highest BCUT2D eigenvalue weighted by Gasteiger charge is 2.31. The second kappa shape index (κ2) is 9.24. The summed E-state index contributed by atoms with van der Waals surface area (Å²) in [5.41, 5.74) is 4.23. The number of nitrogens with zero attached hydrogens (tertiary/aromatic N) is 4. The van der Waals surface area contributed by atoms with Crippen LogP contribution in [0.15, 0.2) is 18.2 Å². The molecule has 4 heterocycles. The number of hydrogen-bond acceptors (Lipinski definition) is 9. The minimum Gasteiger partial charge on any atom is -0.467 e. The summed E-state index contributed by atoms with van der Waals surface area (Å²) in [6.07, 6.45) is 3.31. The molecular weight excluding hydrogens is 420 g/mol. The molecule has 0 spiro atoms. The van der Waals surface area contributed by atoms with Crippen LogP contribution in [0.2, 0.25) is 0 Å². The van der Waals surface area contributed by atoms with E-state index in [0.29, 0.717) is 36.7 Å². The maximum absolute atomic E-state index is 9.66. The number of methoxy groups -OCH3 is 1. The number of aliphatic hydroxyl groups excluding tert-OH is 1. The largest absolute Gasteiger partial charge is 0.467 e. The Morgan fingerprint density at radius 1 is 1.18 bits per heavy atom. The van der Waals surface area contributed by atoms with E-state index in [4.69, 9.17) is 14.9 Å². The van der Waals surface area contributed by atoms with Crippen molar-refractivity contribution < 1.29 is 14.6 Å². The van der Waals surface area contributed by atoms with Gasteiger partial charge in [0, 0.05) is 36.6 Å². The maximum Gasteiger partial charge on any atom is 0.320 e. The van der Waals surface area contributed by atoms with Crippen LogP contribution in [0.5, 0.6) is 6.01 Å². The van der Waals surface area contributed by atoms with E-state index in [1.54, 1.807) is 7.11 Å². The van der Waals surface area contributed by atoms with Crippen molar-refractivity contribution in [1.82, 2.24) is 14.9 Å². The average molecular weight is 453 g/mol. The van der Waals surface area contributed by atoms with Crippen molar-refractivity contribution in [3.05, 3.63) is 34.9 Å². The molecule has 5 rings (SSSR count). The van der Waals surface area contributed by atoms with Gasteiger partial charge in [-0.25, -0.2) is 0 Å². The molecule has 3 aliphatic heterocycles. The summed E-state index contributed by atoms with van der Waals surface area (Å²) >= 11 is 0. The maximum atomic E-state index is 9.66. The standard InChI is InChI=1S/C24H32N6O3/c1-15-7-17(10-25)21(8-20(15)16-3-5-29(6-4-16)18-13-33-14-18)26-22-9-23(28-24(27-22)32-2)30-11-19(31)12-30/h7-10,16,18-19,25,31H,3-6,11-14H2,1-2H3,(H,26,27,28). The molecule has 176 valence electrons. The molecule has 1 aromatic carbocycles. The molecule has 2 aromatic rings. The first-order valence-electron chi connectivity index (χ1n) is 11.6. The summed E-state index contributed by atoms with van der Waals surface area (Å²) in [5, 5.41) is 21.0. The van der Waals surface area contributed by atoms with Crippen LogP contribution in [0.1, 0.15) is 35.4 Å². The third-order valence-corrected chi connectivity index (χ3v) is 7.02. The lowest BCUT2D eigenvalue weighted by Gasteiger charge is -2.41. The molecule has 9 heteroatoms. The molecule has 3 fully saturated rings. The first-order valence-corrected chi connectivity index (χ1v) is 11.6. The van der Waals surface area contributed by atoms with Crippen molar-refractivity contribution >= 4 is 23.5 Å². The Kier molecular flexibility index (Phi) is 6.18. The quantitative estimate of drug-likeness (QED) is 0.550. The molecule has 0 aliphatic carbocycles. The van der Waals surface area contributed by atoms with Crippen molar-refractivity contribution in [3.8, 4) is 6.01 Å². The molecule has 0 atom stereocenters. The van der Waals surface area contributed by atoms with E-state index in [9.17, 15) is 5.11 Å². The molecule has 9 nitrogen and oxygen atoms in total. The summed E-state index contributed by atoms with van der Waals surface area (Å²) in [6.45, 7) is 7.17. The van der Waals surface area contributed by atoms with E-state index < -0.39 is 0 Å². The molecule has 3 N–H and O–H groups in total. The second-order valence-electron chi connectivity index (χ2n) is 9.22. The van der Waals surface area contributed by atoms with E-state index >= 15 is 0 Å². The lowest BCUT2D eigenvalue weighted by molar-refractivity contribution is -0.0712. The van der Waals surface area contributed by atoms with Gasteiger partial charge in [-0.05, 0) is 62.0 Å². The summed E-state index contributed by atoms with van der Waals surface area (Å²) in [7, 11) is 1.54. The molecule has 3 saturated heterocycles. The lowest BCUT2D eigenvalue weighted by Crippen LogP contribution is -2.51. The number of β-amino-alcohol motifs (C(OH)–C–C–N with tert-alkyl or cyclic N) is 1. The van der Waals surface area contributed by atoms with Crippen LogP contribution in [-0.4, -0.2) is 84.8 Å². The van der Waals surface area contributed by atoms with Crippen LogP contribution in [0.25, 0.3) is 0 Å². The van der Waals surface area contributed by atoms with Gasteiger partial charge in [-0.3, -0.25) is 4.90 Å². The number of hydrogen-bond donors (Lipinski definition) is 3. The van der Waals surface area contributed by atoms with Crippen LogP contribution < -0.4 is 15.0 Å². The Morgan fingerprint density at radius 2 is 1.94 bits per heavy atom. The minimum atomic E-state index is -0.324. The Labute approximate surface area is 194 Å². The summed E-state index contributed by atoms with van der Waals surface area (Å²) in [4.78, 5) is 13.4. The lowest BCUT2D eigenvalue weighted by atomic mass is 9.85. The van der Waals surface area contributed by atoms with E-state index in [-0.39, 0.29) is 12.1 Å². The van der Waals surface area contributed by atoms with Gasteiger partial charge in [0.05, 0.1) is 32.5 Å². The fraction of sp³-hybridized carbons (Fsp3) is 0.542. The van der Waals surface area contributed by atoms with Gasteiger partial charge in [-0.1, -0.05) is 0 Å². The molecule has 1 aromatic heterocycles. The van der Waals surface area contributed by atoms with Crippen molar-refractivity contribution in [2.75, 3.05) is 56.7 Å². The van der Waals surface area contributed by atoms with Crippen LogP contribution >= 0.6 is 0 Å². The van der Waals surface area contributed by atoms with Gasteiger partial charge in [0.2, 0.25) is 0 Å². The fourth-order valence-electron chi connectivity index (χ4n) is 4.93. The highest BCUT2D eigenvalue weighted by atomic mass is 16.5. The van der Waals surface area contributed by atoms with Crippen LogP contribution in [0.4, 0.5) is 17.3 Å². The zero-order valence-electron chi connectivity index (χ0n) is 19.3. The summed E-state index contributed by atoms with van der Waals surface area (Å²) < 4.78 is 10.7. The van der Waals surface area contributed by atoms with E-state index in [0.717, 1.165) is 50.4 Å². The Morgan fingerprint density at radius 3 is 2.55 bits per heavy atom. The molecular formula is C24H32N6O3. The number of aryl methyl sites for hydroxylation is 1. The predicted octanol–water partition coefficient (Wildman–Crippen LogP) is 2.29. The molecule has 0 radical (unpaired) electrons. The van der Waals surface area contributed by atoms with E-state index in [2.05, 4.69) is 39.2 Å². The van der Waals surface area contributed by atoms with Crippen molar-refractivity contribution in [3.63, 3.8) is 0 Å². The van der Waals surface area contributed by atoms with Crippen molar-refractivity contribution in [1.29, 1.82) is 5.41 Å². The smallest absolute Gasteiger partial charge is 0.320 e. The van der Waals surface area contributed by atoms with Gasteiger partial charge in [-0.2, -0.15) is 9.97 Å². The first kappa shape index (κ1) is 22.1. The Balaban J connectivity index is 1.38. The van der Waals surface area contributed by atoms with Gasteiger partial charge in [0.1, 0.15) is 11.6 Å². The van der Waals surface area contributed by atoms with Crippen LogP contribution in [-0.2, 0) is 4.74 Å². The summed E-state index contributed by atoms with van der Waals surface area (Å²) in [6, 6.07) is 7.00. The number of benzene rings is 1. The number of ether oxygens (including phenoxy) is 2. The third-order valence-electron chi connectivity index (χ3n) is 7.02. The Bertz CT molecular complexity index is 1010. The Hall–Kier alpha value is -2.75. The number of piperidine rings is 1. The zero-order chi connectivity index (χ0) is 22.9. The number of rotatable bonds is 7. The van der Waals surface area contributed by atoms with Gasteiger partial charge in [0.25, 0.3) is 0 Å². The number of aromatic nitrogens is 2. The number of aliphatic hydroxyl groups is 1. The molecule has 0 bridgehead atoms. The number of likely N-dealkylation sites (tertiary alicyclic amines) is 1.